The normalized spacial score (nSPS) is 21.9. The van der Waals surface area contributed by atoms with Crippen molar-refractivity contribution < 1.29 is 8.81 Å². The highest BCUT2D eigenvalue weighted by atomic mass is 79.9. The van der Waals surface area contributed by atoms with Crippen LogP contribution in [0.5, 0.6) is 0 Å². The summed E-state index contributed by atoms with van der Waals surface area (Å²) in [5, 5.41) is 4.24. The number of hydrogen-bond acceptors (Lipinski definition) is 3. The number of thiocarbonyl (C=S) groups is 1. The molecular formula is C23H21BrFN3OS. The van der Waals surface area contributed by atoms with E-state index in [0.29, 0.717) is 16.3 Å². The van der Waals surface area contributed by atoms with E-state index in [1.165, 1.54) is 25.0 Å². The molecule has 2 fully saturated rings. The molecule has 3 aromatic rings. The van der Waals surface area contributed by atoms with E-state index in [0.717, 1.165) is 35.0 Å². The quantitative estimate of drug-likeness (QED) is 0.448. The molecule has 4 nitrogen and oxygen atoms in total. The lowest BCUT2D eigenvalue weighted by Gasteiger charge is -2.31. The Hall–Kier alpha value is -2.25. The van der Waals surface area contributed by atoms with Crippen molar-refractivity contribution in [2.24, 2.45) is 0 Å². The zero-order valence-electron chi connectivity index (χ0n) is 16.2. The van der Waals surface area contributed by atoms with E-state index in [9.17, 15) is 4.39 Å². The van der Waals surface area contributed by atoms with Crippen molar-refractivity contribution in [1.29, 1.82) is 0 Å². The van der Waals surface area contributed by atoms with Gasteiger partial charge in [-0.1, -0.05) is 18.9 Å². The molecule has 1 saturated heterocycles. The van der Waals surface area contributed by atoms with Gasteiger partial charge in [0.1, 0.15) is 23.4 Å². The first-order valence-electron chi connectivity index (χ1n) is 10.2. The predicted octanol–water partition coefficient (Wildman–Crippen LogP) is 6.16. The van der Waals surface area contributed by atoms with Gasteiger partial charge in [-0.25, -0.2) is 4.39 Å². The Kier molecular flexibility index (Phi) is 5.33. The lowest BCUT2D eigenvalue weighted by atomic mass is 10.0. The summed E-state index contributed by atoms with van der Waals surface area (Å²) in [7, 11) is 0. The van der Waals surface area contributed by atoms with Crippen LogP contribution in [0.4, 0.5) is 4.39 Å². The number of hydrogen-bond donors (Lipinski definition) is 1. The van der Waals surface area contributed by atoms with Crippen LogP contribution in [0.25, 0.3) is 11.3 Å². The number of rotatable bonds is 4. The molecular weight excluding hydrogens is 465 g/mol. The second-order valence-corrected chi connectivity index (χ2v) is 9.04. The molecule has 0 spiro atoms. The van der Waals surface area contributed by atoms with Crippen molar-refractivity contribution in [3.8, 4) is 11.3 Å². The predicted molar refractivity (Wildman–Crippen MR) is 121 cm³/mol. The number of pyridine rings is 1. The van der Waals surface area contributed by atoms with E-state index in [4.69, 9.17) is 16.6 Å². The average Bonchev–Trinajstić information content (AvgIpc) is 3.48. The van der Waals surface area contributed by atoms with Crippen molar-refractivity contribution >= 4 is 33.3 Å². The van der Waals surface area contributed by atoms with Crippen LogP contribution in [-0.4, -0.2) is 21.0 Å². The first-order chi connectivity index (χ1) is 14.6. The molecule has 1 aliphatic heterocycles. The van der Waals surface area contributed by atoms with E-state index < -0.39 is 0 Å². The van der Waals surface area contributed by atoms with E-state index in [1.807, 2.05) is 30.3 Å². The van der Waals surface area contributed by atoms with E-state index in [-0.39, 0.29) is 17.9 Å². The number of benzene rings is 1. The SMILES string of the molecule is Fc1ccc(-c2ccc(C3C(c4ccccn4)NC(=S)N3C3CCCC3)o2)c(Br)c1. The molecule has 154 valence electrons. The largest absolute Gasteiger partial charge is 0.459 e. The number of halogens is 2. The Morgan fingerprint density at radius 1 is 1.13 bits per heavy atom. The summed E-state index contributed by atoms with van der Waals surface area (Å²) in [5.74, 6) is 1.24. The molecule has 1 saturated carbocycles. The third-order valence-corrected chi connectivity index (χ3v) is 6.95. The maximum Gasteiger partial charge on any atom is 0.170 e. The van der Waals surface area contributed by atoms with Crippen LogP contribution >= 0.6 is 28.1 Å². The zero-order valence-corrected chi connectivity index (χ0v) is 18.6. The third-order valence-electron chi connectivity index (χ3n) is 5.97. The van der Waals surface area contributed by atoms with Gasteiger partial charge in [0, 0.05) is 22.3 Å². The fourth-order valence-corrected chi connectivity index (χ4v) is 5.53. The van der Waals surface area contributed by atoms with Crippen LogP contribution in [0, 0.1) is 5.82 Å². The lowest BCUT2D eigenvalue weighted by molar-refractivity contribution is 0.218. The highest BCUT2D eigenvalue weighted by molar-refractivity contribution is 9.10. The molecule has 0 amide bonds. The average molecular weight is 486 g/mol. The van der Waals surface area contributed by atoms with Crippen molar-refractivity contribution in [2.45, 2.75) is 43.8 Å². The fourth-order valence-electron chi connectivity index (χ4n) is 4.59. The number of furan rings is 1. The molecule has 0 radical (unpaired) electrons. The molecule has 3 heterocycles. The summed E-state index contributed by atoms with van der Waals surface area (Å²) in [6.07, 6.45) is 6.50. The second-order valence-electron chi connectivity index (χ2n) is 7.80. The van der Waals surface area contributed by atoms with E-state index in [2.05, 4.69) is 31.1 Å². The van der Waals surface area contributed by atoms with Gasteiger partial charge in [0.05, 0.1) is 11.7 Å². The monoisotopic (exact) mass is 485 g/mol. The number of aromatic nitrogens is 1. The highest BCUT2D eigenvalue weighted by Gasteiger charge is 2.45. The highest BCUT2D eigenvalue weighted by Crippen LogP contribution is 2.44. The zero-order chi connectivity index (χ0) is 20.7. The van der Waals surface area contributed by atoms with Gasteiger partial charge < -0.3 is 14.6 Å². The maximum absolute atomic E-state index is 13.5. The minimum atomic E-state index is -0.287. The molecule has 1 N–H and O–H groups in total. The maximum atomic E-state index is 13.5. The van der Waals surface area contributed by atoms with Crippen molar-refractivity contribution in [3.05, 3.63) is 76.5 Å². The third kappa shape index (κ3) is 3.54. The van der Waals surface area contributed by atoms with Gasteiger partial charge in [-0.05, 0) is 83.5 Å². The molecule has 2 unspecified atom stereocenters. The Bertz CT molecular complexity index is 1070. The van der Waals surface area contributed by atoms with Gasteiger partial charge in [0.2, 0.25) is 0 Å². The minimum absolute atomic E-state index is 0.0801. The molecule has 2 atom stereocenters. The van der Waals surface area contributed by atoms with Gasteiger partial charge in [0.25, 0.3) is 0 Å². The number of nitrogens with one attached hydrogen (secondary N) is 1. The van der Waals surface area contributed by atoms with Crippen LogP contribution < -0.4 is 5.32 Å². The Morgan fingerprint density at radius 3 is 2.70 bits per heavy atom. The topological polar surface area (TPSA) is 41.3 Å². The summed E-state index contributed by atoms with van der Waals surface area (Å²) in [6, 6.07) is 14.7. The van der Waals surface area contributed by atoms with E-state index >= 15 is 0 Å². The summed E-state index contributed by atoms with van der Waals surface area (Å²) >= 11 is 9.21. The Morgan fingerprint density at radius 2 is 1.97 bits per heavy atom. The Balaban J connectivity index is 1.55. The molecule has 2 aliphatic rings. The van der Waals surface area contributed by atoms with Crippen molar-refractivity contribution in [1.82, 2.24) is 15.2 Å². The molecule has 5 rings (SSSR count). The van der Waals surface area contributed by atoms with E-state index in [1.54, 1.807) is 12.3 Å². The van der Waals surface area contributed by atoms with Gasteiger partial charge >= 0.3 is 0 Å². The van der Waals surface area contributed by atoms with Crippen molar-refractivity contribution in [3.63, 3.8) is 0 Å². The summed E-state index contributed by atoms with van der Waals surface area (Å²) in [5.41, 5.74) is 1.75. The Labute approximate surface area is 188 Å². The van der Waals surface area contributed by atoms with Crippen molar-refractivity contribution in [2.75, 3.05) is 0 Å². The molecule has 1 aromatic carbocycles. The minimum Gasteiger partial charge on any atom is -0.459 e. The van der Waals surface area contributed by atoms with Gasteiger partial charge in [0.15, 0.2) is 5.11 Å². The molecule has 1 aliphatic carbocycles. The fraction of sp³-hybridized carbons (Fsp3) is 0.304. The molecule has 30 heavy (non-hydrogen) atoms. The summed E-state index contributed by atoms with van der Waals surface area (Å²) in [4.78, 5) is 6.89. The van der Waals surface area contributed by atoms with Crippen LogP contribution in [0.2, 0.25) is 0 Å². The van der Waals surface area contributed by atoms with Crippen LogP contribution in [0.3, 0.4) is 0 Å². The van der Waals surface area contributed by atoms with Crippen LogP contribution in [0.1, 0.15) is 49.2 Å². The first kappa shape index (κ1) is 19.7. The smallest absolute Gasteiger partial charge is 0.170 e. The van der Waals surface area contributed by atoms with Crippen LogP contribution in [0.15, 0.2) is 63.6 Å². The van der Waals surface area contributed by atoms with Gasteiger partial charge in [-0.2, -0.15) is 0 Å². The second kappa shape index (κ2) is 8.12. The summed E-state index contributed by atoms with van der Waals surface area (Å²) in [6.45, 7) is 0. The molecule has 2 aromatic heterocycles. The van der Waals surface area contributed by atoms with Gasteiger partial charge in [-0.3, -0.25) is 4.98 Å². The first-order valence-corrected chi connectivity index (χ1v) is 11.4. The molecule has 7 heteroatoms. The number of nitrogens with zero attached hydrogens (tertiary/aromatic N) is 2. The lowest BCUT2D eigenvalue weighted by Crippen LogP contribution is -2.37. The van der Waals surface area contributed by atoms with Crippen LogP contribution in [-0.2, 0) is 0 Å². The summed E-state index contributed by atoms with van der Waals surface area (Å²) < 4.78 is 20.5. The molecule has 0 bridgehead atoms. The van der Waals surface area contributed by atoms with Gasteiger partial charge in [-0.15, -0.1) is 0 Å². The standard InChI is InChI=1S/C23H21BrFN3OS/c24-17-13-14(25)8-9-16(17)19-10-11-20(29-19)22-21(18-7-3-4-12-26-18)27-23(30)28(22)15-5-1-2-6-15/h3-4,7-13,15,21-22H,1-2,5-6H2,(H,27,30).